The summed E-state index contributed by atoms with van der Waals surface area (Å²) in [6.07, 6.45) is 12.6. The average molecular weight is 575 g/mol. The Bertz CT molecular complexity index is 1130. The van der Waals surface area contributed by atoms with Crippen LogP contribution in [0, 0.1) is 17.3 Å². The number of carbonyl (C=O) groups is 2. The summed E-state index contributed by atoms with van der Waals surface area (Å²) in [7, 11) is -2.77. The lowest BCUT2D eigenvalue weighted by Crippen LogP contribution is -2.67. The van der Waals surface area contributed by atoms with E-state index < -0.39 is 8.32 Å². The van der Waals surface area contributed by atoms with Gasteiger partial charge >= 0.3 is 5.97 Å². The summed E-state index contributed by atoms with van der Waals surface area (Å²) in [6.45, 7) is 11.4. The number of ketones is 1. The van der Waals surface area contributed by atoms with Crippen LogP contribution in [0.2, 0.25) is 5.04 Å². The van der Waals surface area contributed by atoms with E-state index in [2.05, 4.69) is 101 Å². The van der Waals surface area contributed by atoms with E-state index in [9.17, 15) is 9.59 Å². The smallest absolute Gasteiger partial charge is 0.305 e. The van der Waals surface area contributed by atoms with Crippen LogP contribution < -0.4 is 10.4 Å². The summed E-state index contributed by atoms with van der Waals surface area (Å²) in [5.74, 6) is 0.623. The van der Waals surface area contributed by atoms with Gasteiger partial charge in [-0.05, 0) is 53.9 Å². The summed E-state index contributed by atoms with van der Waals surface area (Å²) in [4.78, 5) is 25.9. The Morgan fingerprint density at radius 2 is 1.59 bits per heavy atom. The Hall–Kier alpha value is -2.50. The quantitative estimate of drug-likeness (QED) is 0.0963. The fourth-order valence-electron chi connectivity index (χ4n) is 7.41. The van der Waals surface area contributed by atoms with Gasteiger partial charge in [-0.3, -0.25) is 9.59 Å². The van der Waals surface area contributed by atoms with E-state index in [-0.39, 0.29) is 34.4 Å². The standard InChI is InChI=1S/C36H50O4Si/c1-6-8-9-10-17-24-30-34-31(27-32(37)36(30,34)26-19-18-25-33(38)39-7-2)40-41(35(3,4)5,28-20-13-11-14-21-28)29-22-15-12-16-23-29/h11-17,20-24,30-31,34H,6-10,18-19,25-27H2,1-5H3/b24-17+/t30-,31-,34+,36-/m1/s1. The lowest BCUT2D eigenvalue weighted by molar-refractivity contribution is -0.143. The summed E-state index contributed by atoms with van der Waals surface area (Å²) < 4.78 is 12.7. The van der Waals surface area contributed by atoms with Crippen molar-refractivity contribution in [2.45, 2.75) is 104 Å². The second-order valence-corrected chi connectivity index (χ2v) is 17.2. The van der Waals surface area contributed by atoms with Crippen molar-refractivity contribution >= 4 is 30.4 Å². The van der Waals surface area contributed by atoms with Gasteiger partial charge in [0, 0.05) is 24.2 Å². The molecule has 0 aliphatic heterocycles. The fraction of sp³-hybridized carbons (Fsp3) is 0.556. The van der Waals surface area contributed by atoms with Gasteiger partial charge in [-0.25, -0.2) is 0 Å². The average Bonchev–Trinajstić information content (AvgIpc) is 3.52. The summed E-state index contributed by atoms with van der Waals surface area (Å²) >= 11 is 0. The molecule has 0 unspecified atom stereocenters. The van der Waals surface area contributed by atoms with E-state index in [1.165, 1.54) is 29.6 Å². The Kier molecular flexibility index (Phi) is 10.5. The molecular weight excluding hydrogens is 524 g/mol. The minimum atomic E-state index is -2.77. The van der Waals surface area contributed by atoms with Crippen LogP contribution in [0.15, 0.2) is 72.8 Å². The van der Waals surface area contributed by atoms with Gasteiger partial charge in [-0.2, -0.15) is 0 Å². The normalized spacial score (nSPS) is 24.0. The summed E-state index contributed by atoms with van der Waals surface area (Å²) in [6, 6.07) is 21.5. The van der Waals surface area contributed by atoms with Crippen LogP contribution in [-0.4, -0.2) is 32.8 Å². The van der Waals surface area contributed by atoms with Gasteiger partial charge < -0.3 is 9.16 Å². The number of esters is 1. The van der Waals surface area contributed by atoms with Crippen LogP contribution in [0.4, 0.5) is 0 Å². The van der Waals surface area contributed by atoms with Crippen molar-refractivity contribution in [2.75, 3.05) is 6.61 Å². The number of benzene rings is 2. The number of ether oxygens (including phenoxy) is 1. The summed E-state index contributed by atoms with van der Waals surface area (Å²) in [5, 5.41) is 2.38. The van der Waals surface area contributed by atoms with E-state index in [0.717, 1.165) is 25.7 Å². The first kappa shape index (κ1) is 31.4. The fourth-order valence-corrected chi connectivity index (χ4v) is 12.1. The molecule has 4 atom stereocenters. The van der Waals surface area contributed by atoms with Gasteiger partial charge in [0.25, 0.3) is 8.32 Å². The van der Waals surface area contributed by atoms with Crippen molar-refractivity contribution in [2.24, 2.45) is 17.3 Å². The molecule has 0 spiro atoms. The Morgan fingerprint density at radius 3 is 2.15 bits per heavy atom. The van der Waals surface area contributed by atoms with Crippen LogP contribution in [0.1, 0.15) is 92.4 Å². The zero-order valence-electron chi connectivity index (χ0n) is 25.9. The Labute approximate surface area is 249 Å². The number of carbonyl (C=O) groups excluding carboxylic acids is 2. The van der Waals surface area contributed by atoms with Gasteiger partial charge in [0.1, 0.15) is 5.78 Å². The van der Waals surface area contributed by atoms with Crippen molar-refractivity contribution < 1.29 is 18.8 Å². The second kappa shape index (κ2) is 13.6. The molecule has 2 aromatic rings. The van der Waals surface area contributed by atoms with Crippen molar-refractivity contribution in [3.63, 3.8) is 0 Å². The van der Waals surface area contributed by atoms with Crippen molar-refractivity contribution in [1.82, 2.24) is 0 Å². The molecule has 2 aliphatic rings. The number of fused-ring (bicyclic) bond motifs is 1. The van der Waals surface area contributed by atoms with E-state index in [4.69, 9.17) is 9.16 Å². The Balaban J connectivity index is 1.64. The molecule has 4 nitrogen and oxygen atoms in total. The van der Waals surface area contributed by atoms with E-state index in [1.807, 2.05) is 6.92 Å². The third kappa shape index (κ3) is 6.46. The number of hydrogen-bond acceptors (Lipinski definition) is 4. The third-order valence-corrected chi connectivity index (χ3v) is 14.4. The molecule has 2 saturated carbocycles. The molecule has 2 fully saturated rings. The van der Waals surface area contributed by atoms with Crippen molar-refractivity contribution in [1.29, 1.82) is 0 Å². The number of allylic oxidation sites excluding steroid dienone is 2. The van der Waals surface area contributed by atoms with Crippen molar-refractivity contribution in [3.8, 4) is 0 Å². The maximum Gasteiger partial charge on any atom is 0.305 e. The highest BCUT2D eigenvalue weighted by atomic mass is 28.4. The molecule has 2 aliphatic carbocycles. The van der Waals surface area contributed by atoms with E-state index >= 15 is 0 Å². The molecule has 0 amide bonds. The van der Waals surface area contributed by atoms with Crippen molar-refractivity contribution in [3.05, 3.63) is 72.8 Å². The van der Waals surface area contributed by atoms with E-state index in [1.54, 1.807) is 0 Å². The molecule has 222 valence electrons. The van der Waals surface area contributed by atoms with Crippen LogP contribution in [0.25, 0.3) is 0 Å². The first-order valence-corrected chi connectivity index (χ1v) is 17.8. The van der Waals surface area contributed by atoms with Gasteiger partial charge in [-0.1, -0.05) is 120 Å². The predicted molar refractivity (Wildman–Crippen MR) is 170 cm³/mol. The minimum Gasteiger partial charge on any atom is -0.466 e. The predicted octanol–water partition coefficient (Wildman–Crippen LogP) is 7.40. The lowest BCUT2D eigenvalue weighted by Gasteiger charge is -2.45. The molecule has 5 heteroatoms. The first-order chi connectivity index (χ1) is 19.7. The van der Waals surface area contributed by atoms with Gasteiger partial charge in [0.2, 0.25) is 0 Å². The number of Topliss-reactive ketones (excluding diaryl/α,β-unsaturated/α-hetero) is 1. The molecule has 0 N–H and O–H groups in total. The molecule has 41 heavy (non-hydrogen) atoms. The molecular formula is C36H50O4Si. The molecule has 0 bridgehead atoms. The van der Waals surface area contributed by atoms with Crippen LogP contribution >= 0.6 is 0 Å². The highest BCUT2D eigenvalue weighted by molar-refractivity contribution is 6.99. The monoisotopic (exact) mass is 574 g/mol. The van der Waals surface area contributed by atoms with E-state index in [0.29, 0.717) is 25.2 Å². The summed E-state index contributed by atoms with van der Waals surface area (Å²) in [5.41, 5.74) is -0.355. The van der Waals surface area contributed by atoms with Crippen LogP contribution in [0.5, 0.6) is 0 Å². The second-order valence-electron chi connectivity index (χ2n) is 13.0. The zero-order chi connectivity index (χ0) is 29.5. The molecule has 0 aromatic heterocycles. The Morgan fingerprint density at radius 1 is 0.951 bits per heavy atom. The van der Waals surface area contributed by atoms with Gasteiger partial charge in [0.05, 0.1) is 12.7 Å². The maximum absolute atomic E-state index is 13.9. The van der Waals surface area contributed by atoms with Crippen LogP contribution in [0.3, 0.4) is 0 Å². The molecule has 0 saturated heterocycles. The highest BCUT2D eigenvalue weighted by Crippen LogP contribution is 2.70. The number of rotatable bonds is 15. The first-order valence-electron chi connectivity index (χ1n) is 15.9. The largest absolute Gasteiger partial charge is 0.466 e. The van der Waals surface area contributed by atoms with Gasteiger partial charge in [-0.15, -0.1) is 0 Å². The topological polar surface area (TPSA) is 52.6 Å². The lowest BCUT2D eigenvalue weighted by atomic mass is 9.91. The highest BCUT2D eigenvalue weighted by Gasteiger charge is 2.74. The van der Waals surface area contributed by atoms with Crippen LogP contribution in [-0.2, 0) is 18.8 Å². The molecule has 0 radical (unpaired) electrons. The SMILES string of the molecule is CCCCC/C=C/[C@@H]1[C@H]2[C@H](O[Si](c3ccccc3)(c3ccccc3)C(C)(C)C)CC(=O)[C@]21CCCCC(=O)OCC. The molecule has 0 heterocycles. The van der Waals surface area contributed by atoms with Gasteiger partial charge in [0.15, 0.2) is 0 Å². The number of hydrogen-bond donors (Lipinski definition) is 0. The maximum atomic E-state index is 13.9. The zero-order valence-corrected chi connectivity index (χ0v) is 26.9. The minimum absolute atomic E-state index is 0.107. The molecule has 2 aromatic carbocycles. The molecule has 4 rings (SSSR count). The number of unbranched alkanes of at least 4 members (excludes halogenated alkanes) is 4. The third-order valence-electron chi connectivity index (χ3n) is 9.36.